The molecule has 0 atom stereocenters. The lowest BCUT2D eigenvalue weighted by molar-refractivity contribution is 0.0695. The van der Waals surface area contributed by atoms with Crippen molar-refractivity contribution in [2.24, 2.45) is 0 Å². The van der Waals surface area contributed by atoms with Gasteiger partial charge in [-0.3, -0.25) is 0 Å². The summed E-state index contributed by atoms with van der Waals surface area (Å²) in [6.45, 7) is 3.68. The van der Waals surface area contributed by atoms with Crippen molar-refractivity contribution in [2.45, 2.75) is 19.3 Å². The average molecular weight is 221 g/mol. The summed E-state index contributed by atoms with van der Waals surface area (Å²) in [5, 5.41) is 17.7. The first kappa shape index (κ1) is 12.2. The van der Waals surface area contributed by atoms with Gasteiger partial charge in [0, 0.05) is 0 Å². The summed E-state index contributed by atoms with van der Waals surface area (Å²) in [5.41, 5.74) is 0.713. The molecule has 0 fully saturated rings. The second kappa shape index (κ2) is 5.30. The fraction of sp³-hybridized carbons (Fsp3) is 0.250. The van der Waals surface area contributed by atoms with E-state index >= 15 is 0 Å². The summed E-state index contributed by atoms with van der Waals surface area (Å²) in [7, 11) is 0. The molecule has 1 aromatic carbocycles. The second-order valence-electron chi connectivity index (χ2n) is 3.44. The van der Waals surface area contributed by atoms with Gasteiger partial charge in [0.25, 0.3) is 0 Å². The van der Waals surface area contributed by atoms with Crippen molar-refractivity contribution in [1.82, 2.24) is 0 Å². The van der Waals surface area contributed by atoms with Crippen LogP contribution in [-0.2, 0) is 6.42 Å². The van der Waals surface area contributed by atoms with Crippen LogP contribution in [0.4, 0.5) is 0 Å². The van der Waals surface area contributed by atoms with Gasteiger partial charge in [-0.2, -0.15) is 0 Å². The zero-order valence-corrected chi connectivity index (χ0v) is 8.77. The van der Waals surface area contributed by atoms with Crippen molar-refractivity contribution in [3.63, 3.8) is 0 Å². The number of hydrogen-bond acceptors (Lipinski definition) is 2. The van der Waals surface area contributed by atoms with Gasteiger partial charge in [-0.25, -0.2) is 9.59 Å². The van der Waals surface area contributed by atoms with Gasteiger partial charge >= 0.3 is 11.9 Å². The maximum absolute atomic E-state index is 11.0. The average Bonchev–Trinajstić information content (AvgIpc) is 2.25. The molecular formula is C12H13O4. The van der Waals surface area contributed by atoms with Crippen LogP contribution in [-0.4, -0.2) is 22.2 Å². The van der Waals surface area contributed by atoms with Crippen LogP contribution in [0.25, 0.3) is 0 Å². The molecule has 0 heterocycles. The standard InChI is InChI=1S/C12H13O4/c1-2-3-4-8-5-6-9(11(13)14)7-10(8)12(15)16/h5-7H,1-4H2,(H,13,14)(H,15,16). The fourth-order valence-corrected chi connectivity index (χ4v) is 1.44. The highest BCUT2D eigenvalue weighted by atomic mass is 16.4. The van der Waals surface area contributed by atoms with Crippen LogP contribution >= 0.6 is 0 Å². The van der Waals surface area contributed by atoms with E-state index in [1.165, 1.54) is 12.1 Å². The lowest BCUT2D eigenvalue weighted by Crippen LogP contribution is -2.06. The van der Waals surface area contributed by atoms with Crippen LogP contribution < -0.4 is 0 Å². The van der Waals surface area contributed by atoms with Crippen molar-refractivity contribution in [3.05, 3.63) is 41.8 Å². The first-order valence-corrected chi connectivity index (χ1v) is 4.95. The lowest BCUT2D eigenvalue weighted by Gasteiger charge is -2.06. The number of aromatic carboxylic acids is 2. The first-order valence-electron chi connectivity index (χ1n) is 4.95. The highest BCUT2D eigenvalue weighted by Gasteiger charge is 2.13. The minimum absolute atomic E-state index is 0.00391. The topological polar surface area (TPSA) is 74.6 Å². The van der Waals surface area contributed by atoms with Crippen LogP contribution in [0, 0.1) is 6.92 Å². The van der Waals surface area contributed by atoms with Gasteiger partial charge < -0.3 is 10.2 Å². The number of hydrogen-bond donors (Lipinski definition) is 2. The Morgan fingerprint density at radius 3 is 2.38 bits per heavy atom. The maximum Gasteiger partial charge on any atom is 0.335 e. The van der Waals surface area contributed by atoms with E-state index in [1.54, 1.807) is 6.07 Å². The van der Waals surface area contributed by atoms with Crippen molar-refractivity contribution in [1.29, 1.82) is 0 Å². The van der Waals surface area contributed by atoms with E-state index in [1.807, 2.05) is 0 Å². The van der Waals surface area contributed by atoms with Gasteiger partial charge in [0.05, 0.1) is 11.1 Å². The van der Waals surface area contributed by atoms with Crippen LogP contribution in [0.5, 0.6) is 0 Å². The van der Waals surface area contributed by atoms with E-state index in [0.717, 1.165) is 12.8 Å². The van der Waals surface area contributed by atoms with E-state index < -0.39 is 11.9 Å². The molecule has 1 aromatic rings. The van der Waals surface area contributed by atoms with Gasteiger partial charge in [0.15, 0.2) is 0 Å². The van der Waals surface area contributed by atoms with Crippen LogP contribution in [0.2, 0.25) is 0 Å². The van der Waals surface area contributed by atoms with Crippen molar-refractivity contribution < 1.29 is 19.8 Å². The molecule has 0 saturated heterocycles. The summed E-state index contributed by atoms with van der Waals surface area (Å²) in [6, 6.07) is 4.18. The molecule has 0 amide bonds. The number of carbonyl (C=O) groups is 2. The van der Waals surface area contributed by atoms with E-state index in [9.17, 15) is 9.59 Å². The highest BCUT2D eigenvalue weighted by molar-refractivity contribution is 5.94. The summed E-state index contributed by atoms with van der Waals surface area (Å²) in [4.78, 5) is 21.6. The lowest BCUT2D eigenvalue weighted by atomic mass is 9.99. The van der Waals surface area contributed by atoms with Gasteiger partial charge in [-0.05, 0) is 30.5 Å². The number of carboxylic acids is 2. The number of carboxylic acid groups (broad SMARTS) is 2. The van der Waals surface area contributed by atoms with Crippen molar-refractivity contribution >= 4 is 11.9 Å². The molecule has 4 heteroatoms. The number of rotatable bonds is 5. The van der Waals surface area contributed by atoms with Gasteiger partial charge in [0.2, 0.25) is 0 Å². The molecule has 0 spiro atoms. The van der Waals surface area contributed by atoms with Crippen molar-refractivity contribution in [3.8, 4) is 0 Å². The van der Waals surface area contributed by atoms with Crippen LogP contribution in [0.1, 0.15) is 39.1 Å². The van der Waals surface area contributed by atoms with E-state index in [4.69, 9.17) is 10.2 Å². The Morgan fingerprint density at radius 2 is 1.88 bits per heavy atom. The predicted octanol–water partition coefficient (Wildman–Crippen LogP) is 2.24. The smallest absolute Gasteiger partial charge is 0.335 e. The second-order valence-corrected chi connectivity index (χ2v) is 3.44. The molecule has 1 rings (SSSR count). The molecule has 85 valence electrons. The molecule has 2 N–H and O–H groups in total. The minimum atomic E-state index is -1.12. The largest absolute Gasteiger partial charge is 0.478 e. The molecule has 0 saturated carbocycles. The van der Waals surface area contributed by atoms with Crippen LogP contribution in [0.3, 0.4) is 0 Å². The Balaban J connectivity index is 3.09. The Bertz CT molecular complexity index is 409. The Kier molecular flexibility index (Phi) is 4.05. The van der Waals surface area contributed by atoms with E-state index in [2.05, 4.69) is 6.92 Å². The molecule has 0 aliphatic carbocycles. The van der Waals surface area contributed by atoms with Crippen LogP contribution in [0.15, 0.2) is 18.2 Å². The Hall–Kier alpha value is -1.84. The molecule has 0 unspecified atom stereocenters. The molecule has 0 bridgehead atoms. The monoisotopic (exact) mass is 221 g/mol. The van der Waals surface area contributed by atoms with Crippen molar-refractivity contribution in [2.75, 3.05) is 0 Å². The third kappa shape index (κ3) is 2.82. The van der Waals surface area contributed by atoms with E-state index in [-0.39, 0.29) is 11.1 Å². The third-order valence-electron chi connectivity index (χ3n) is 2.28. The molecule has 1 radical (unpaired) electrons. The normalized spacial score (nSPS) is 10.1. The predicted molar refractivity (Wildman–Crippen MR) is 58.7 cm³/mol. The highest BCUT2D eigenvalue weighted by Crippen LogP contribution is 2.15. The quantitative estimate of drug-likeness (QED) is 0.799. The maximum atomic E-state index is 11.0. The Morgan fingerprint density at radius 1 is 1.19 bits per heavy atom. The zero-order valence-electron chi connectivity index (χ0n) is 8.77. The number of benzene rings is 1. The zero-order chi connectivity index (χ0) is 12.1. The molecule has 4 nitrogen and oxygen atoms in total. The summed E-state index contributed by atoms with van der Waals surface area (Å²) in [6.07, 6.45) is 2.11. The summed E-state index contributed by atoms with van der Waals surface area (Å²) >= 11 is 0. The minimum Gasteiger partial charge on any atom is -0.478 e. The number of aryl methyl sites for hydroxylation is 1. The molecule has 0 aliphatic heterocycles. The Labute approximate surface area is 93.5 Å². The SMILES string of the molecule is [CH2]CCCc1ccc(C(=O)O)cc1C(=O)O. The molecule has 0 aliphatic rings. The fourth-order valence-electron chi connectivity index (χ4n) is 1.44. The summed E-state index contributed by atoms with van der Waals surface area (Å²) in [5.74, 6) is -2.21. The number of unbranched alkanes of at least 4 members (excludes halogenated alkanes) is 1. The van der Waals surface area contributed by atoms with Gasteiger partial charge in [-0.15, -0.1) is 0 Å². The third-order valence-corrected chi connectivity index (χ3v) is 2.28. The summed E-state index contributed by atoms with van der Waals surface area (Å²) < 4.78 is 0. The van der Waals surface area contributed by atoms with Gasteiger partial charge in [-0.1, -0.05) is 19.4 Å². The van der Waals surface area contributed by atoms with E-state index in [0.29, 0.717) is 12.0 Å². The van der Waals surface area contributed by atoms with Gasteiger partial charge in [0.1, 0.15) is 0 Å². The first-order chi connectivity index (χ1) is 7.56. The molecule has 16 heavy (non-hydrogen) atoms. The molecule has 0 aromatic heterocycles. The molecular weight excluding hydrogens is 208 g/mol.